The number of nitrogens with zero attached hydrogens (tertiary/aromatic N) is 2. The zero-order valence-corrected chi connectivity index (χ0v) is 15.5. The molecule has 23 heavy (non-hydrogen) atoms. The van der Waals surface area contributed by atoms with E-state index < -0.39 is 0 Å². The fourth-order valence-electron chi connectivity index (χ4n) is 2.35. The second kappa shape index (κ2) is 6.59. The van der Waals surface area contributed by atoms with Gasteiger partial charge in [0.05, 0.1) is 22.7 Å². The number of likely N-dealkylation sites (N-methyl/N-ethyl adjacent to an activating group) is 1. The summed E-state index contributed by atoms with van der Waals surface area (Å²) in [5, 5.41) is 1.06. The molecule has 1 aromatic rings. The number of allylic oxidation sites excluding steroid dienone is 2. The van der Waals surface area contributed by atoms with Crippen molar-refractivity contribution in [3.8, 4) is 5.75 Å². The molecule has 0 aliphatic carbocycles. The van der Waals surface area contributed by atoms with Gasteiger partial charge in [0, 0.05) is 24.6 Å². The summed E-state index contributed by atoms with van der Waals surface area (Å²) in [4.78, 5) is 17.8. The standard InChI is InChI=1S/C16H16N2O2S3/c1-4-18-15(19)13(23-16(18)21)7-8-14-17(2)11-9-10(20-3)5-6-12(11)22-14/h5-9H,4H2,1-3H3/b13-7-,14-8+. The molecule has 7 heteroatoms. The SMILES string of the molecule is CCN1C(=O)/C(=C/C=C2/Sc3ccc(OC)cc3N2C)SC1=S. The van der Waals surface area contributed by atoms with Gasteiger partial charge in [-0.15, -0.1) is 0 Å². The monoisotopic (exact) mass is 364 g/mol. The van der Waals surface area contributed by atoms with Gasteiger partial charge in [0.2, 0.25) is 0 Å². The topological polar surface area (TPSA) is 32.8 Å². The van der Waals surface area contributed by atoms with Crippen LogP contribution in [-0.4, -0.2) is 35.8 Å². The van der Waals surface area contributed by atoms with Crippen LogP contribution in [0.2, 0.25) is 0 Å². The molecule has 1 amide bonds. The third-order valence-electron chi connectivity index (χ3n) is 3.64. The molecule has 0 N–H and O–H groups in total. The molecule has 3 rings (SSSR count). The van der Waals surface area contributed by atoms with Crippen molar-refractivity contribution in [3.05, 3.63) is 40.3 Å². The van der Waals surface area contributed by atoms with Crippen molar-refractivity contribution < 1.29 is 9.53 Å². The molecule has 0 atom stereocenters. The van der Waals surface area contributed by atoms with E-state index in [0.717, 1.165) is 16.5 Å². The van der Waals surface area contributed by atoms with Crippen molar-refractivity contribution in [1.82, 2.24) is 4.90 Å². The number of carbonyl (C=O) groups is 1. The van der Waals surface area contributed by atoms with Gasteiger partial charge in [0.1, 0.15) is 10.1 Å². The Morgan fingerprint density at radius 3 is 2.74 bits per heavy atom. The Morgan fingerprint density at radius 2 is 2.09 bits per heavy atom. The molecule has 1 fully saturated rings. The number of hydrogen-bond donors (Lipinski definition) is 0. The van der Waals surface area contributed by atoms with Crippen molar-refractivity contribution in [3.63, 3.8) is 0 Å². The van der Waals surface area contributed by atoms with Crippen LogP contribution in [0, 0.1) is 0 Å². The predicted molar refractivity (Wildman–Crippen MR) is 101 cm³/mol. The first-order chi connectivity index (χ1) is 11.0. The molecule has 0 spiro atoms. The van der Waals surface area contributed by atoms with Gasteiger partial charge >= 0.3 is 0 Å². The van der Waals surface area contributed by atoms with E-state index in [2.05, 4.69) is 4.90 Å². The minimum absolute atomic E-state index is 0.0100. The third kappa shape index (κ3) is 3.00. The lowest BCUT2D eigenvalue weighted by molar-refractivity contribution is -0.122. The number of rotatable bonds is 3. The van der Waals surface area contributed by atoms with Gasteiger partial charge in [-0.3, -0.25) is 9.69 Å². The fourth-order valence-corrected chi connectivity index (χ4v) is 4.71. The molecule has 2 aliphatic heterocycles. The van der Waals surface area contributed by atoms with Gasteiger partial charge < -0.3 is 9.64 Å². The van der Waals surface area contributed by atoms with Crippen LogP contribution in [0.1, 0.15) is 6.92 Å². The predicted octanol–water partition coefficient (Wildman–Crippen LogP) is 3.84. The van der Waals surface area contributed by atoms with Crippen molar-refractivity contribution in [1.29, 1.82) is 0 Å². The van der Waals surface area contributed by atoms with Crippen LogP contribution in [-0.2, 0) is 4.79 Å². The van der Waals surface area contributed by atoms with Crippen molar-refractivity contribution in [2.75, 3.05) is 25.6 Å². The van der Waals surface area contributed by atoms with Crippen LogP contribution in [0.15, 0.2) is 45.2 Å². The minimum Gasteiger partial charge on any atom is -0.497 e. The Kier molecular flexibility index (Phi) is 4.70. The number of ether oxygens (including phenoxy) is 1. The highest BCUT2D eigenvalue weighted by Gasteiger charge is 2.30. The first-order valence-corrected chi connectivity index (χ1v) is 9.14. The zero-order chi connectivity index (χ0) is 16.6. The molecule has 2 aliphatic rings. The number of amides is 1. The average Bonchev–Trinajstić information content (AvgIpc) is 3.01. The molecule has 0 unspecified atom stereocenters. The minimum atomic E-state index is -0.0100. The molecular formula is C16H16N2O2S3. The van der Waals surface area contributed by atoms with Crippen molar-refractivity contribution >= 4 is 51.7 Å². The summed E-state index contributed by atoms with van der Waals surface area (Å²) in [6, 6.07) is 6.02. The van der Waals surface area contributed by atoms with E-state index in [0.29, 0.717) is 15.8 Å². The second-order valence-corrected chi connectivity index (χ2v) is 7.69. The lowest BCUT2D eigenvalue weighted by atomic mass is 10.3. The summed E-state index contributed by atoms with van der Waals surface area (Å²) >= 11 is 8.26. The van der Waals surface area contributed by atoms with E-state index in [4.69, 9.17) is 17.0 Å². The number of benzene rings is 1. The maximum atomic E-state index is 12.2. The summed E-state index contributed by atoms with van der Waals surface area (Å²) in [6.07, 6.45) is 3.83. The highest BCUT2D eigenvalue weighted by molar-refractivity contribution is 8.26. The summed E-state index contributed by atoms with van der Waals surface area (Å²) in [7, 11) is 3.67. The fraction of sp³-hybridized carbons (Fsp3) is 0.250. The van der Waals surface area contributed by atoms with E-state index >= 15 is 0 Å². The van der Waals surface area contributed by atoms with Crippen LogP contribution < -0.4 is 9.64 Å². The Hall–Kier alpha value is -1.44. The summed E-state index contributed by atoms with van der Waals surface area (Å²) in [5.74, 6) is 0.824. The van der Waals surface area contributed by atoms with Crippen LogP contribution >= 0.6 is 35.7 Å². The second-order valence-electron chi connectivity index (χ2n) is 4.95. The van der Waals surface area contributed by atoms with E-state index in [1.807, 2.05) is 44.3 Å². The Bertz CT molecular complexity index is 743. The van der Waals surface area contributed by atoms with Gasteiger partial charge in [0.25, 0.3) is 5.91 Å². The van der Waals surface area contributed by atoms with Gasteiger partial charge in [-0.2, -0.15) is 0 Å². The summed E-state index contributed by atoms with van der Waals surface area (Å²) in [5.41, 5.74) is 1.11. The highest BCUT2D eigenvalue weighted by atomic mass is 32.2. The summed E-state index contributed by atoms with van der Waals surface area (Å²) < 4.78 is 5.91. The largest absolute Gasteiger partial charge is 0.497 e. The Labute approximate surface area is 149 Å². The molecule has 4 nitrogen and oxygen atoms in total. The Balaban J connectivity index is 1.84. The van der Waals surface area contributed by atoms with E-state index in [1.54, 1.807) is 23.8 Å². The first-order valence-electron chi connectivity index (χ1n) is 7.10. The smallest absolute Gasteiger partial charge is 0.266 e. The number of thioether (sulfide) groups is 2. The third-order valence-corrected chi connectivity index (χ3v) is 6.22. The van der Waals surface area contributed by atoms with Crippen LogP contribution in [0.3, 0.4) is 0 Å². The van der Waals surface area contributed by atoms with E-state index in [-0.39, 0.29) is 5.91 Å². The summed E-state index contributed by atoms with van der Waals surface area (Å²) in [6.45, 7) is 2.54. The van der Waals surface area contributed by atoms with Crippen molar-refractivity contribution in [2.24, 2.45) is 0 Å². The highest BCUT2D eigenvalue weighted by Crippen LogP contribution is 2.46. The van der Waals surface area contributed by atoms with Gasteiger partial charge in [-0.05, 0) is 31.2 Å². The number of carbonyl (C=O) groups excluding carboxylic acids is 1. The molecule has 1 aromatic carbocycles. The number of fused-ring (bicyclic) bond motifs is 1. The molecule has 0 radical (unpaired) electrons. The maximum absolute atomic E-state index is 12.2. The molecule has 1 saturated heterocycles. The van der Waals surface area contributed by atoms with Crippen LogP contribution in [0.5, 0.6) is 5.75 Å². The molecule has 120 valence electrons. The molecule has 0 aromatic heterocycles. The average molecular weight is 365 g/mol. The van der Waals surface area contributed by atoms with Crippen LogP contribution in [0.4, 0.5) is 5.69 Å². The number of thiocarbonyl (C=S) groups is 1. The number of hydrogen-bond acceptors (Lipinski definition) is 6. The molecular weight excluding hydrogens is 348 g/mol. The normalized spacial score (nSPS) is 20.8. The molecule has 0 bridgehead atoms. The van der Waals surface area contributed by atoms with E-state index in [9.17, 15) is 4.79 Å². The zero-order valence-electron chi connectivity index (χ0n) is 13.0. The quantitative estimate of drug-likeness (QED) is 0.599. The van der Waals surface area contributed by atoms with Gasteiger partial charge in [-0.1, -0.05) is 35.7 Å². The lowest BCUT2D eigenvalue weighted by Crippen LogP contribution is -2.27. The molecule has 0 saturated carbocycles. The Morgan fingerprint density at radius 1 is 1.30 bits per heavy atom. The maximum Gasteiger partial charge on any atom is 0.266 e. The number of anilines is 1. The van der Waals surface area contributed by atoms with Crippen molar-refractivity contribution in [2.45, 2.75) is 11.8 Å². The lowest BCUT2D eigenvalue weighted by Gasteiger charge is -2.13. The number of methoxy groups -OCH3 is 1. The van der Waals surface area contributed by atoms with Gasteiger partial charge in [-0.25, -0.2) is 0 Å². The van der Waals surface area contributed by atoms with Crippen LogP contribution in [0.25, 0.3) is 0 Å². The molecule has 2 heterocycles. The van der Waals surface area contributed by atoms with E-state index in [1.165, 1.54) is 16.7 Å². The first kappa shape index (κ1) is 16.4. The van der Waals surface area contributed by atoms with Gasteiger partial charge in [0.15, 0.2) is 0 Å².